The molecule has 3 amide bonds. The summed E-state index contributed by atoms with van der Waals surface area (Å²) >= 11 is 0. The summed E-state index contributed by atoms with van der Waals surface area (Å²) in [5, 5.41) is 21.6. The molecule has 0 saturated heterocycles. The quantitative estimate of drug-likeness (QED) is 0.749. The van der Waals surface area contributed by atoms with E-state index in [0.717, 1.165) is 5.69 Å². The van der Waals surface area contributed by atoms with Crippen molar-refractivity contribution in [3.63, 3.8) is 0 Å². The Bertz CT molecular complexity index is 811. The molecule has 0 spiro atoms. The molecule has 2 aromatic rings. The van der Waals surface area contributed by atoms with Gasteiger partial charge in [0.2, 0.25) is 5.91 Å². The molecule has 3 heterocycles. The second-order valence-electron chi connectivity index (χ2n) is 6.43. The number of hydrogen-bond donors (Lipinski definition) is 2. The fourth-order valence-corrected chi connectivity index (χ4v) is 2.86. The molecule has 10 nitrogen and oxygen atoms in total. The molecule has 140 valence electrons. The van der Waals surface area contributed by atoms with Gasteiger partial charge in [-0.2, -0.15) is 10.2 Å². The zero-order valence-corrected chi connectivity index (χ0v) is 15.1. The van der Waals surface area contributed by atoms with E-state index < -0.39 is 6.10 Å². The van der Waals surface area contributed by atoms with Gasteiger partial charge in [-0.3, -0.25) is 14.2 Å². The first-order valence-corrected chi connectivity index (χ1v) is 8.32. The van der Waals surface area contributed by atoms with Gasteiger partial charge >= 0.3 is 6.03 Å². The van der Waals surface area contributed by atoms with Crippen LogP contribution in [-0.4, -0.2) is 73.6 Å². The van der Waals surface area contributed by atoms with E-state index in [1.165, 1.54) is 4.90 Å². The largest absolute Gasteiger partial charge is 0.380 e. The molecular formula is C16H23N7O3. The van der Waals surface area contributed by atoms with Crippen molar-refractivity contribution in [1.82, 2.24) is 34.7 Å². The number of rotatable bonds is 4. The number of carbonyl (C=O) groups excluding carboxylic acids is 2. The third-order valence-electron chi connectivity index (χ3n) is 4.39. The first kappa shape index (κ1) is 17.9. The van der Waals surface area contributed by atoms with E-state index in [1.807, 2.05) is 0 Å². The normalized spacial score (nSPS) is 14.7. The Labute approximate surface area is 151 Å². The standard InChI is InChI=1S/C16H23N7O3/c1-20(2)16(26)17-9-14(24)22-6-7-23-11(10-22)8-12(19-23)15(25)13-4-5-18-21(13)3/h4-5,8,15,25H,6-7,9-10H2,1-3H3,(H,17,26)/t15-/m1/s1. The second kappa shape index (κ2) is 7.16. The van der Waals surface area contributed by atoms with E-state index in [9.17, 15) is 14.7 Å². The van der Waals surface area contributed by atoms with E-state index in [2.05, 4.69) is 15.5 Å². The van der Waals surface area contributed by atoms with Crippen molar-refractivity contribution in [2.75, 3.05) is 27.2 Å². The minimum Gasteiger partial charge on any atom is -0.380 e. The molecule has 0 fully saturated rings. The van der Waals surface area contributed by atoms with Crippen LogP contribution in [0.15, 0.2) is 18.3 Å². The van der Waals surface area contributed by atoms with Gasteiger partial charge in [0.15, 0.2) is 0 Å². The molecule has 3 rings (SSSR count). The van der Waals surface area contributed by atoms with Gasteiger partial charge in [0.25, 0.3) is 0 Å². The van der Waals surface area contributed by atoms with Crippen LogP contribution in [0.25, 0.3) is 0 Å². The van der Waals surface area contributed by atoms with E-state index in [0.29, 0.717) is 31.0 Å². The van der Waals surface area contributed by atoms with Gasteiger partial charge in [0, 0.05) is 33.9 Å². The number of amides is 3. The van der Waals surface area contributed by atoms with Crippen LogP contribution >= 0.6 is 0 Å². The van der Waals surface area contributed by atoms with E-state index >= 15 is 0 Å². The molecule has 0 unspecified atom stereocenters. The van der Waals surface area contributed by atoms with Gasteiger partial charge in [-0.05, 0) is 12.1 Å². The minimum atomic E-state index is -0.871. The Balaban J connectivity index is 1.66. The summed E-state index contributed by atoms with van der Waals surface area (Å²) < 4.78 is 3.41. The number of fused-ring (bicyclic) bond motifs is 1. The summed E-state index contributed by atoms with van der Waals surface area (Å²) in [6.45, 7) is 1.39. The fourth-order valence-electron chi connectivity index (χ4n) is 2.86. The monoisotopic (exact) mass is 361 g/mol. The highest BCUT2D eigenvalue weighted by atomic mass is 16.3. The predicted molar refractivity (Wildman–Crippen MR) is 92.0 cm³/mol. The maximum absolute atomic E-state index is 12.3. The van der Waals surface area contributed by atoms with Gasteiger partial charge < -0.3 is 20.2 Å². The highest BCUT2D eigenvalue weighted by Gasteiger charge is 2.25. The van der Waals surface area contributed by atoms with Crippen molar-refractivity contribution >= 4 is 11.9 Å². The highest BCUT2D eigenvalue weighted by molar-refractivity contribution is 5.83. The molecule has 1 atom stereocenters. The van der Waals surface area contributed by atoms with Crippen molar-refractivity contribution in [3.8, 4) is 0 Å². The van der Waals surface area contributed by atoms with Gasteiger partial charge in [0.05, 0.1) is 36.7 Å². The predicted octanol–water partition coefficient (Wildman–Crippen LogP) is -0.688. The van der Waals surface area contributed by atoms with Crippen LogP contribution in [0.2, 0.25) is 0 Å². The van der Waals surface area contributed by atoms with Gasteiger partial charge in [-0.25, -0.2) is 4.79 Å². The molecule has 10 heteroatoms. The minimum absolute atomic E-state index is 0.0460. The first-order valence-electron chi connectivity index (χ1n) is 8.32. The number of aryl methyl sites for hydroxylation is 1. The number of aliphatic hydroxyl groups excluding tert-OH is 1. The third-order valence-corrected chi connectivity index (χ3v) is 4.39. The van der Waals surface area contributed by atoms with Crippen LogP contribution < -0.4 is 5.32 Å². The van der Waals surface area contributed by atoms with E-state index in [4.69, 9.17) is 0 Å². The third kappa shape index (κ3) is 3.54. The van der Waals surface area contributed by atoms with Gasteiger partial charge in [0.1, 0.15) is 6.10 Å². The summed E-state index contributed by atoms with van der Waals surface area (Å²) in [4.78, 5) is 26.9. The molecule has 1 aliphatic heterocycles. The van der Waals surface area contributed by atoms with E-state index in [1.54, 1.807) is 53.7 Å². The summed E-state index contributed by atoms with van der Waals surface area (Å²) in [5.41, 5.74) is 2.03. The van der Waals surface area contributed by atoms with Crippen LogP contribution in [0.3, 0.4) is 0 Å². The van der Waals surface area contributed by atoms with Crippen LogP contribution in [0.5, 0.6) is 0 Å². The summed E-state index contributed by atoms with van der Waals surface area (Å²) in [6, 6.07) is 3.24. The lowest BCUT2D eigenvalue weighted by molar-refractivity contribution is -0.131. The number of carbonyl (C=O) groups is 2. The molecule has 0 aromatic carbocycles. The zero-order chi connectivity index (χ0) is 18.8. The van der Waals surface area contributed by atoms with Crippen molar-refractivity contribution in [3.05, 3.63) is 35.4 Å². The fraction of sp³-hybridized carbons (Fsp3) is 0.500. The zero-order valence-electron chi connectivity index (χ0n) is 15.1. The molecule has 26 heavy (non-hydrogen) atoms. The number of nitrogens with zero attached hydrogens (tertiary/aromatic N) is 6. The highest BCUT2D eigenvalue weighted by Crippen LogP contribution is 2.23. The molecule has 0 bridgehead atoms. The average Bonchev–Trinajstić information content (AvgIpc) is 3.23. The van der Waals surface area contributed by atoms with Crippen LogP contribution in [0.4, 0.5) is 4.79 Å². The topological polar surface area (TPSA) is 109 Å². The number of aliphatic hydroxyl groups is 1. The van der Waals surface area contributed by atoms with E-state index in [-0.39, 0.29) is 18.5 Å². The second-order valence-corrected chi connectivity index (χ2v) is 6.43. The Morgan fingerprint density at radius 3 is 2.81 bits per heavy atom. The molecule has 1 aliphatic rings. The maximum atomic E-state index is 12.3. The first-order chi connectivity index (χ1) is 12.4. The van der Waals surface area contributed by atoms with Crippen molar-refractivity contribution < 1.29 is 14.7 Å². The number of hydrogen-bond acceptors (Lipinski definition) is 5. The Morgan fingerprint density at radius 1 is 1.38 bits per heavy atom. The molecule has 2 N–H and O–H groups in total. The Morgan fingerprint density at radius 2 is 2.15 bits per heavy atom. The lowest BCUT2D eigenvalue weighted by Gasteiger charge is -2.28. The number of aromatic nitrogens is 4. The molecule has 0 aliphatic carbocycles. The summed E-state index contributed by atoms with van der Waals surface area (Å²) in [5.74, 6) is -0.151. The van der Waals surface area contributed by atoms with Gasteiger partial charge in [-0.15, -0.1) is 0 Å². The Hall–Kier alpha value is -2.88. The number of urea groups is 1. The molecule has 0 saturated carbocycles. The molecule has 0 radical (unpaired) electrons. The molecule has 2 aromatic heterocycles. The smallest absolute Gasteiger partial charge is 0.317 e. The molecular weight excluding hydrogens is 338 g/mol. The van der Waals surface area contributed by atoms with Crippen LogP contribution in [0, 0.1) is 0 Å². The van der Waals surface area contributed by atoms with Gasteiger partial charge in [-0.1, -0.05) is 0 Å². The summed E-state index contributed by atoms with van der Waals surface area (Å²) in [7, 11) is 5.00. The number of nitrogens with one attached hydrogen (secondary N) is 1. The lowest BCUT2D eigenvalue weighted by Crippen LogP contribution is -2.45. The average molecular weight is 361 g/mol. The maximum Gasteiger partial charge on any atom is 0.317 e. The van der Waals surface area contributed by atoms with Crippen LogP contribution in [0.1, 0.15) is 23.2 Å². The lowest BCUT2D eigenvalue weighted by atomic mass is 10.1. The van der Waals surface area contributed by atoms with Crippen molar-refractivity contribution in [1.29, 1.82) is 0 Å². The summed E-state index contributed by atoms with van der Waals surface area (Å²) in [6.07, 6.45) is 0.751. The van der Waals surface area contributed by atoms with Crippen molar-refractivity contribution in [2.24, 2.45) is 7.05 Å². The van der Waals surface area contributed by atoms with Crippen LogP contribution in [-0.2, 0) is 24.9 Å². The van der Waals surface area contributed by atoms with Crippen molar-refractivity contribution in [2.45, 2.75) is 19.2 Å². The SMILES string of the molecule is CN(C)C(=O)NCC(=O)N1CCn2nc([C@@H](O)c3ccnn3C)cc2C1. The Kier molecular flexibility index (Phi) is 4.94.